The minimum Gasteiger partial charge on any atom is -0.461 e. The lowest BCUT2D eigenvalue weighted by molar-refractivity contribution is 0.0529. The number of sulfonamides is 1. The summed E-state index contributed by atoms with van der Waals surface area (Å²) in [6.07, 6.45) is 0. The van der Waals surface area contributed by atoms with Crippen molar-refractivity contribution in [3.63, 3.8) is 0 Å². The molecule has 0 saturated carbocycles. The lowest BCUT2D eigenvalue weighted by Gasteiger charge is -2.13. The zero-order valence-electron chi connectivity index (χ0n) is 14.7. The number of nitrogens with zero attached hydrogens (tertiary/aromatic N) is 1. The summed E-state index contributed by atoms with van der Waals surface area (Å²) in [5, 5.41) is 0.670. The molecule has 0 bridgehead atoms. The molecule has 0 heterocycles. The van der Waals surface area contributed by atoms with Gasteiger partial charge in [-0.15, -0.1) is 11.8 Å². The van der Waals surface area contributed by atoms with Crippen LogP contribution in [0.4, 0.5) is 0 Å². The Balaban J connectivity index is 1.99. The van der Waals surface area contributed by atoms with E-state index in [1.807, 2.05) is 12.1 Å². The van der Waals surface area contributed by atoms with Crippen LogP contribution in [0.2, 0.25) is 5.02 Å². The Morgan fingerprint density at radius 1 is 1.15 bits per heavy atom. The number of carbonyl (C=O) groups excluding carboxylic acids is 1. The van der Waals surface area contributed by atoms with Crippen LogP contribution in [0.3, 0.4) is 0 Å². The molecule has 0 spiro atoms. The average Bonchev–Trinajstić information content (AvgIpc) is 2.60. The normalized spacial score (nSPS) is 11.6. The topological polar surface area (TPSA) is 63.7 Å². The van der Waals surface area contributed by atoms with Gasteiger partial charge in [0, 0.05) is 29.8 Å². The van der Waals surface area contributed by atoms with Gasteiger partial charge in [-0.3, -0.25) is 0 Å². The van der Waals surface area contributed by atoms with Gasteiger partial charge in [0.2, 0.25) is 10.0 Å². The van der Waals surface area contributed by atoms with Gasteiger partial charge in [0.1, 0.15) is 6.61 Å². The molecule has 2 aromatic carbocycles. The maximum absolute atomic E-state index is 12.3. The van der Waals surface area contributed by atoms with Crippen LogP contribution in [-0.2, 0) is 14.8 Å². The first-order valence-electron chi connectivity index (χ1n) is 7.80. The van der Waals surface area contributed by atoms with Crippen LogP contribution < -0.4 is 0 Å². The van der Waals surface area contributed by atoms with Crippen LogP contribution in [-0.4, -0.2) is 45.1 Å². The smallest absolute Gasteiger partial charge is 0.338 e. The van der Waals surface area contributed by atoms with Crippen molar-refractivity contribution in [1.29, 1.82) is 0 Å². The van der Waals surface area contributed by atoms with Gasteiger partial charge in [0.05, 0.1) is 10.5 Å². The van der Waals surface area contributed by atoms with E-state index in [9.17, 15) is 13.2 Å². The molecule has 26 heavy (non-hydrogen) atoms. The van der Waals surface area contributed by atoms with Crippen molar-refractivity contribution in [2.45, 2.75) is 16.7 Å². The summed E-state index contributed by atoms with van der Waals surface area (Å²) in [7, 11) is -0.713. The fourth-order valence-electron chi connectivity index (χ4n) is 2.09. The number of hydrogen-bond acceptors (Lipinski definition) is 5. The van der Waals surface area contributed by atoms with Crippen molar-refractivity contribution < 1.29 is 17.9 Å². The number of ether oxygens (including phenoxy) is 1. The van der Waals surface area contributed by atoms with Crippen LogP contribution in [0, 0.1) is 6.92 Å². The number of carbonyl (C=O) groups is 1. The summed E-state index contributed by atoms with van der Waals surface area (Å²) in [5.41, 5.74) is 0.919. The summed E-state index contributed by atoms with van der Waals surface area (Å²) < 4.78 is 30.8. The third-order valence-corrected chi connectivity index (χ3v) is 6.65. The molecule has 140 valence electrons. The minimum absolute atomic E-state index is 0.0654. The largest absolute Gasteiger partial charge is 0.461 e. The molecule has 5 nitrogen and oxygen atoms in total. The highest BCUT2D eigenvalue weighted by molar-refractivity contribution is 7.99. The molecule has 0 amide bonds. The van der Waals surface area contributed by atoms with Gasteiger partial charge in [-0.1, -0.05) is 17.7 Å². The lowest BCUT2D eigenvalue weighted by Crippen LogP contribution is -2.22. The first kappa shape index (κ1) is 20.8. The van der Waals surface area contributed by atoms with Crippen molar-refractivity contribution in [2.75, 3.05) is 26.5 Å². The van der Waals surface area contributed by atoms with Gasteiger partial charge < -0.3 is 4.74 Å². The molecule has 0 N–H and O–H groups in total. The zero-order chi connectivity index (χ0) is 19.3. The van der Waals surface area contributed by atoms with Crippen molar-refractivity contribution in [2.24, 2.45) is 0 Å². The van der Waals surface area contributed by atoms with Gasteiger partial charge in [0.15, 0.2) is 0 Å². The van der Waals surface area contributed by atoms with Crippen molar-refractivity contribution in [3.05, 3.63) is 58.6 Å². The van der Waals surface area contributed by atoms with Crippen molar-refractivity contribution in [1.82, 2.24) is 4.31 Å². The summed E-state index contributed by atoms with van der Waals surface area (Å²) in [6, 6.07) is 11.8. The van der Waals surface area contributed by atoms with E-state index in [-0.39, 0.29) is 17.1 Å². The fourth-order valence-corrected chi connectivity index (χ4v) is 3.88. The van der Waals surface area contributed by atoms with Gasteiger partial charge in [0.25, 0.3) is 0 Å². The van der Waals surface area contributed by atoms with Crippen LogP contribution in [0.25, 0.3) is 0 Å². The van der Waals surface area contributed by atoms with E-state index in [4.69, 9.17) is 16.3 Å². The first-order chi connectivity index (χ1) is 12.2. The predicted molar refractivity (Wildman–Crippen MR) is 105 cm³/mol. The van der Waals surface area contributed by atoms with E-state index < -0.39 is 16.0 Å². The third kappa shape index (κ3) is 5.23. The Bertz CT molecular complexity index is 881. The standard InChI is InChI=1S/C18H20ClNO4S2/c1-13-4-9-16(26(22,23)20(2)3)12-17(13)18(21)24-10-11-25-15-7-5-14(19)6-8-15/h4-9,12H,10-11H2,1-3H3. The quantitative estimate of drug-likeness (QED) is 0.392. The molecule has 0 unspecified atom stereocenters. The Kier molecular flexibility index (Phi) is 7.11. The molecule has 2 aromatic rings. The molecule has 2 rings (SSSR count). The second kappa shape index (κ2) is 8.90. The van der Waals surface area contributed by atoms with E-state index in [1.54, 1.807) is 36.9 Å². The second-order valence-corrected chi connectivity index (χ2v) is 9.46. The Hall–Kier alpha value is -1.54. The van der Waals surface area contributed by atoms with Gasteiger partial charge >= 0.3 is 5.97 Å². The first-order valence-corrected chi connectivity index (χ1v) is 10.6. The highest BCUT2D eigenvalue weighted by Gasteiger charge is 2.20. The molecule has 0 aromatic heterocycles. The maximum Gasteiger partial charge on any atom is 0.338 e. The number of hydrogen-bond donors (Lipinski definition) is 0. The van der Waals surface area contributed by atoms with Crippen LogP contribution in [0.1, 0.15) is 15.9 Å². The molecule has 8 heteroatoms. The second-order valence-electron chi connectivity index (χ2n) is 5.70. The van der Waals surface area contributed by atoms with E-state index in [0.717, 1.165) is 9.20 Å². The van der Waals surface area contributed by atoms with Gasteiger partial charge in [-0.25, -0.2) is 17.5 Å². The summed E-state index contributed by atoms with van der Waals surface area (Å²) in [4.78, 5) is 13.4. The van der Waals surface area contributed by atoms with E-state index in [0.29, 0.717) is 16.3 Å². The number of thioether (sulfide) groups is 1. The van der Waals surface area contributed by atoms with Crippen LogP contribution in [0.15, 0.2) is 52.3 Å². The number of esters is 1. The Morgan fingerprint density at radius 2 is 1.81 bits per heavy atom. The molecule has 0 radical (unpaired) electrons. The van der Waals surface area contributed by atoms with Crippen LogP contribution in [0.5, 0.6) is 0 Å². The maximum atomic E-state index is 12.3. The number of benzene rings is 2. The van der Waals surface area contributed by atoms with E-state index in [1.165, 1.54) is 26.2 Å². The van der Waals surface area contributed by atoms with Crippen LogP contribution >= 0.6 is 23.4 Å². The highest BCUT2D eigenvalue weighted by atomic mass is 35.5. The summed E-state index contributed by atoms with van der Waals surface area (Å²) in [6.45, 7) is 1.96. The molecule has 0 atom stereocenters. The SMILES string of the molecule is Cc1ccc(S(=O)(=O)N(C)C)cc1C(=O)OCCSc1ccc(Cl)cc1. The van der Waals surface area contributed by atoms with E-state index >= 15 is 0 Å². The monoisotopic (exact) mass is 413 g/mol. The van der Waals surface area contributed by atoms with Crippen molar-refractivity contribution in [3.8, 4) is 0 Å². The van der Waals surface area contributed by atoms with Crippen molar-refractivity contribution >= 4 is 39.4 Å². The fraction of sp³-hybridized carbons (Fsp3) is 0.278. The summed E-state index contributed by atoms with van der Waals surface area (Å²) in [5.74, 6) is 0.0530. The van der Waals surface area contributed by atoms with Gasteiger partial charge in [-0.05, 0) is 48.9 Å². The molecule has 0 aliphatic rings. The molecule has 0 aliphatic carbocycles. The molecule has 0 fully saturated rings. The molecular formula is C18H20ClNO4S2. The number of halogens is 1. The average molecular weight is 414 g/mol. The van der Waals surface area contributed by atoms with E-state index in [2.05, 4.69) is 0 Å². The molecule has 0 saturated heterocycles. The Morgan fingerprint density at radius 3 is 2.42 bits per heavy atom. The summed E-state index contributed by atoms with van der Waals surface area (Å²) >= 11 is 7.38. The zero-order valence-corrected chi connectivity index (χ0v) is 17.1. The lowest BCUT2D eigenvalue weighted by atomic mass is 10.1. The van der Waals surface area contributed by atoms with Gasteiger partial charge in [-0.2, -0.15) is 0 Å². The number of aryl methyl sites for hydroxylation is 1. The molecular weight excluding hydrogens is 394 g/mol. The highest BCUT2D eigenvalue weighted by Crippen LogP contribution is 2.21. The third-order valence-electron chi connectivity index (χ3n) is 3.61. The number of rotatable bonds is 7. The molecule has 0 aliphatic heterocycles. The Labute approximate surface area is 163 Å². The minimum atomic E-state index is -3.60. The predicted octanol–water partition coefficient (Wildman–Crippen LogP) is 3.85.